The van der Waals surface area contributed by atoms with Gasteiger partial charge >= 0.3 is 0 Å². The highest BCUT2D eigenvalue weighted by molar-refractivity contribution is 7.80. The van der Waals surface area contributed by atoms with Crippen LogP contribution in [0, 0.1) is 0 Å². The van der Waals surface area contributed by atoms with E-state index < -0.39 is 23.7 Å². The van der Waals surface area contributed by atoms with Gasteiger partial charge in [0.2, 0.25) is 0 Å². The van der Waals surface area contributed by atoms with Gasteiger partial charge in [-0.15, -0.1) is 12.6 Å². The third kappa shape index (κ3) is 1.28. The Morgan fingerprint density at radius 1 is 1.30 bits per heavy atom. The van der Waals surface area contributed by atoms with E-state index in [0.717, 1.165) is 0 Å². The zero-order valence-electron chi connectivity index (χ0n) is 5.21. The minimum atomic E-state index is -1.02. The average molecular weight is 166 g/mol. The smallest absolute Gasteiger partial charge is 0.129 e. The van der Waals surface area contributed by atoms with Crippen LogP contribution < -0.4 is 0 Å². The Balaban J connectivity index is 2.53. The average Bonchev–Trinajstić information content (AvgIpc) is 2.17. The third-order valence-electron chi connectivity index (χ3n) is 1.52. The second kappa shape index (κ2) is 3.06. The zero-order valence-corrected chi connectivity index (χ0v) is 6.11. The highest BCUT2D eigenvalue weighted by Gasteiger charge is 2.40. The zero-order chi connectivity index (χ0) is 7.72. The largest absolute Gasteiger partial charge is 0.394 e. The maximum Gasteiger partial charge on any atom is 0.129 e. The van der Waals surface area contributed by atoms with Crippen LogP contribution >= 0.6 is 12.6 Å². The van der Waals surface area contributed by atoms with Crippen molar-refractivity contribution in [2.75, 3.05) is 6.61 Å². The molecule has 0 saturated carbocycles. The molecule has 0 aliphatic carbocycles. The Bertz CT molecular complexity index is 120. The van der Waals surface area contributed by atoms with Gasteiger partial charge in [0.1, 0.15) is 23.7 Å². The van der Waals surface area contributed by atoms with E-state index in [1.165, 1.54) is 0 Å². The van der Waals surface area contributed by atoms with Crippen molar-refractivity contribution in [3.05, 3.63) is 0 Å². The number of hydrogen-bond acceptors (Lipinski definition) is 5. The maximum absolute atomic E-state index is 9.04. The van der Waals surface area contributed by atoms with Crippen LogP contribution in [0.2, 0.25) is 0 Å². The van der Waals surface area contributed by atoms with E-state index in [-0.39, 0.29) is 6.61 Å². The summed E-state index contributed by atoms with van der Waals surface area (Å²) in [7, 11) is 0. The minimum absolute atomic E-state index is 0.296. The third-order valence-corrected chi connectivity index (χ3v) is 1.94. The summed E-state index contributed by atoms with van der Waals surface area (Å²) in [5.41, 5.74) is -0.688. The normalized spacial score (nSPS) is 48.0. The summed E-state index contributed by atoms with van der Waals surface area (Å²) in [4.78, 5) is 0. The summed E-state index contributed by atoms with van der Waals surface area (Å²) in [6.45, 7) is -0.296. The van der Waals surface area contributed by atoms with E-state index in [9.17, 15) is 0 Å². The fraction of sp³-hybridized carbons (Fsp3) is 1.00. The first-order valence-corrected chi connectivity index (χ1v) is 3.49. The van der Waals surface area contributed by atoms with Gasteiger partial charge in [-0.1, -0.05) is 0 Å². The molecule has 0 aromatic heterocycles. The lowest BCUT2D eigenvalue weighted by atomic mass is 10.2. The molecule has 60 valence electrons. The molecule has 3 N–H and O–H groups in total. The number of rotatable bonds is 1. The summed E-state index contributed by atoms with van der Waals surface area (Å²) in [6.07, 6.45) is -2.72. The molecule has 0 radical (unpaired) electrons. The Morgan fingerprint density at radius 3 is 2.10 bits per heavy atom. The molecule has 4 nitrogen and oxygen atoms in total. The van der Waals surface area contributed by atoms with Gasteiger partial charge in [-0.05, 0) is 0 Å². The van der Waals surface area contributed by atoms with Crippen LogP contribution in [0.25, 0.3) is 0 Å². The molecule has 0 aromatic carbocycles. The SMILES string of the molecule is OC[C@H]1OC(S)[C@@H](O)[C@@H]1O. The molecule has 0 amide bonds. The van der Waals surface area contributed by atoms with Crippen LogP contribution in [0.4, 0.5) is 0 Å². The fourth-order valence-electron chi connectivity index (χ4n) is 0.880. The molecule has 1 rings (SSSR count). The number of thiol groups is 1. The minimum Gasteiger partial charge on any atom is -0.394 e. The molecule has 1 heterocycles. The molecule has 0 aromatic rings. The first-order valence-electron chi connectivity index (χ1n) is 2.97. The number of aliphatic hydroxyl groups is 3. The van der Waals surface area contributed by atoms with E-state index in [2.05, 4.69) is 12.6 Å². The van der Waals surface area contributed by atoms with Crippen molar-refractivity contribution >= 4 is 12.6 Å². The molecule has 0 spiro atoms. The Morgan fingerprint density at radius 2 is 1.90 bits per heavy atom. The molecule has 1 fully saturated rings. The lowest BCUT2D eigenvalue weighted by Crippen LogP contribution is -2.32. The predicted molar refractivity (Wildman–Crippen MR) is 36.7 cm³/mol. The van der Waals surface area contributed by atoms with Gasteiger partial charge in [0.15, 0.2) is 0 Å². The van der Waals surface area contributed by atoms with Crippen molar-refractivity contribution in [2.24, 2.45) is 0 Å². The van der Waals surface area contributed by atoms with Gasteiger partial charge in [0, 0.05) is 0 Å². The van der Waals surface area contributed by atoms with Gasteiger partial charge in [-0.3, -0.25) is 0 Å². The molecule has 4 atom stereocenters. The number of hydrogen-bond donors (Lipinski definition) is 4. The van der Waals surface area contributed by atoms with Crippen molar-refractivity contribution < 1.29 is 20.1 Å². The second-order valence-electron chi connectivity index (χ2n) is 2.23. The van der Waals surface area contributed by atoms with Crippen molar-refractivity contribution in [1.29, 1.82) is 0 Å². The standard InChI is InChI=1S/C5H10O4S/c6-1-2-3(7)4(8)5(10)9-2/h2-8,10H,1H2/t2-,3-,4+,5?/m1/s1. The summed E-state index contributed by atoms with van der Waals surface area (Å²) in [6, 6.07) is 0. The first kappa shape index (κ1) is 8.29. The van der Waals surface area contributed by atoms with Crippen LogP contribution in [0.3, 0.4) is 0 Å². The maximum atomic E-state index is 9.04. The van der Waals surface area contributed by atoms with E-state index in [1.807, 2.05) is 0 Å². The fourth-order valence-corrected chi connectivity index (χ4v) is 1.21. The van der Waals surface area contributed by atoms with Gasteiger partial charge < -0.3 is 20.1 Å². The molecule has 1 aliphatic heterocycles. The van der Waals surface area contributed by atoms with Gasteiger partial charge in [0.25, 0.3) is 0 Å². The molecule has 5 heteroatoms. The van der Waals surface area contributed by atoms with Crippen molar-refractivity contribution in [2.45, 2.75) is 23.7 Å². The van der Waals surface area contributed by atoms with Crippen molar-refractivity contribution in [3.8, 4) is 0 Å². The van der Waals surface area contributed by atoms with Crippen molar-refractivity contribution in [3.63, 3.8) is 0 Å². The highest BCUT2D eigenvalue weighted by atomic mass is 32.1. The highest BCUT2D eigenvalue weighted by Crippen LogP contribution is 2.22. The lowest BCUT2D eigenvalue weighted by Gasteiger charge is -2.09. The Kier molecular flexibility index (Phi) is 2.54. The Hall–Kier alpha value is 0.190. The van der Waals surface area contributed by atoms with Crippen LogP contribution in [0.5, 0.6) is 0 Å². The van der Waals surface area contributed by atoms with E-state index >= 15 is 0 Å². The summed E-state index contributed by atoms with van der Waals surface area (Å²) >= 11 is 3.82. The van der Waals surface area contributed by atoms with Gasteiger partial charge in [-0.2, -0.15) is 0 Å². The summed E-state index contributed by atoms with van der Waals surface area (Å²) < 4.78 is 4.85. The van der Waals surface area contributed by atoms with Crippen LogP contribution in [0.1, 0.15) is 0 Å². The van der Waals surface area contributed by atoms with E-state index in [0.29, 0.717) is 0 Å². The van der Waals surface area contributed by atoms with Gasteiger partial charge in [-0.25, -0.2) is 0 Å². The molecule has 0 bridgehead atoms. The molecular weight excluding hydrogens is 156 g/mol. The summed E-state index contributed by atoms with van der Waals surface area (Å²) in [5, 5.41) is 26.6. The lowest BCUT2D eigenvalue weighted by molar-refractivity contribution is -0.00794. The topological polar surface area (TPSA) is 69.9 Å². The first-order chi connectivity index (χ1) is 4.66. The Labute approximate surface area is 63.8 Å². The quantitative estimate of drug-likeness (QED) is 0.352. The van der Waals surface area contributed by atoms with Gasteiger partial charge in [0.05, 0.1) is 6.61 Å². The monoisotopic (exact) mass is 166 g/mol. The van der Waals surface area contributed by atoms with Crippen LogP contribution in [-0.2, 0) is 4.74 Å². The number of ether oxygens (including phenoxy) is 1. The second-order valence-corrected chi connectivity index (χ2v) is 2.74. The molecular formula is C5H10O4S. The molecule has 10 heavy (non-hydrogen) atoms. The van der Waals surface area contributed by atoms with E-state index in [4.69, 9.17) is 20.1 Å². The van der Waals surface area contributed by atoms with Crippen LogP contribution in [-0.4, -0.2) is 45.7 Å². The molecule has 1 unspecified atom stereocenters. The summed E-state index contributed by atoms with van der Waals surface area (Å²) in [5.74, 6) is 0. The van der Waals surface area contributed by atoms with Crippen LogP contribution in [0.15, 0.2) is 0 Å². The molecule has 1 saturated heterocycles. The number of aliphatic hydroxyl groups excluding tert-OH is 3. The molecule has 1 aliphatic rings. The van der Waals surface area contributed by atoms with E-state index in [1.54, 1.807) is 0 Å². The predicted octanol–water partition coefficient (Wildman–Crippen LogP) is -1.64. The van der Waals surface area contributed by atoms with Crippen molar-refractivity contribution in [1.82, 2.24) is 0 Å².